The molecule has 0 unspecified atom stereocenters. The molecule has 1 aromatic rings. The first kappa shape index (κ1) is 20.1. The van der Waals surface area contributed by atoms with Crippen molar-refractivity contribution in [3.8, 4) is 0 Å². The highest BCUT2D eigenvalue weighted by Crippen LogP contribution is 2.35. The smallest absolute Gasteiger partial charge is 0.348 e. The number of rotatable bonds is 5. The minimum atomic E-state index is -4.74. The van der Waals surface area contributed by atoms with Gasteiger partial charge in [-0.15, -0.1) is 0 Å². The van der Waals surface area contributed by atoms with Crippen LogP contribution in [0, 0.1) is 0 Å². The number of hydrogen-bond acceptors (Lipinski definition) is 3. The summed E-state index contributed by atoms with van der Waals surface area (Å²) < 4.78 is 66.1. The van der Waals surface area contributed by atoms with Crippen molar-refractivity contribution in [2.24, 2.45) is 0 Å². The summed E-state index contributed by atoms with van der Waals surface area (Å²) in [7, 11) is -4.25. The molecule has 150 valence electrons. The molecule has 1 aromatic carbocycles. The molecule has 1 saturated carbocycles. The fourth-order valence-electron chi connectivity index (χ4n) is 3.25. The largest absolute Gasteiger partial charge is 0.417 e. The maximum atomic E-state index is 13.2. The van der Waals surface area contributed by atoms with Crippen molar-refractivity contribution in [2.45, 2.75) is 42.9 Å². The van der Waals surface area contributed by atoms with Crippen molar-refractivity contribution in [3.63, 3.8) is 0 Å². The van der Waals surface area contributed by atoms with E-state index in [0.717, 1.165) is 34.2 Å². The zero-order chi connectivity index (χ0) is 19.8. The molecule has 0 radical (unpaired) electrons. The molecule has 1 aliphatic carbocycles. The number of quaternary nitrogens is 1. The van der Waals surface area contributed by atoms with E-state index in [4.69, 9.17) is 0 Å². The Balaban J connectivity index is 1.69. The van der Waals surface area contributed by atoms with Gasteiger partial charge < -0.3 is 10.2 Å². The van der Waals surface area contributed by atoms with Crippen molar-refractivity contribution in [1.82, 2.24) is 9.62 Å². The first-order chi connectivity index (χ1) is 12.6. The predicted molar refractivity (Wildman–Crippen MR) is 91.5 cm³/mol. The molecule has 2 fully saturated rings. The van der Waals surface area contributed by atoms with E-state index in [2.05, 4.69) is 5.32 Å². The van der Waals surface area contributed by atoms with Crippen molar-refractivity contribution in [2.75, 3.05) is 26.2 Å². The van der Waals surface area contributed by atoms with Gasteiger partial charge in [0.25, 0.3) is 5.91 Å². The van der Waals surface area contributed by atoms with Crippen molar-refractivity contribution in [3.05, 3.63) is 29.8 Å². The van der Waals surface area contributed by atoms with Crippen LogP contribution in [0.5, 0.6) is 0 Å². The molecule has 3 rings (SSSR count). The van der Waals surface area contributed by atoms with E-state index in [0.29, 0.717) is 13.1 Å². The van der Waals surface area contributed by atoms with E-state index in [1.54, 1.807) is 6.92 Å². The molecule has 0 bridgehead atoms. The average Bonchev–Trinajstić information content (AvgIpc) is 3.44. The first-order valence-corrected chi connectivity index (χ1v) is 10.4. The average molecular weight is 406 g/mol. The van der Waals surface area contributed by atoms with Gasteiger partial charge in [-0.25, -0.2) is 8.42 Å². The van der Waals surface area contributed by atoms with Crippen LogP contribution in [0.3, 0.4) is 0 Å². The second-order valence-electron chi connectivity index (χ2n) is 7.06. The molecule has 2 aliphatic rings. The molecule has 1 amide bonds. The van der Waals surface area contributed by atoms with Gasteiger partial charge in [0.05, 0.1) is 36.6 Å². The summed E-state index contributed by atoms with van der Waals surface area (Å²) in [6, 6.07) is 4.15. The monoisotopic (exact) mass is 406 g/mol. The molecule has 1 heterocycles. The number of hydrogen-bond donors (Lipinski definition) is 2. The van der Waals surface area contributed by atoms with Crippen molar-refractivity contribution in [1.29, 1.82) is 0 Å². The van der Waals surface area contributed by atoms with E-state index < -0.39 is 26.7 Å². The first-order valence-electron chi connectivity index (χ1n) is 8.92. The predicted octanol–water partition coefficient (Wildman–Crippen LogP) is 0.262. The molecule has 0 spiro atoms. The number of piperazine rings is 1. The number of sulfonamides is 1. The fraction of sp³-hybridized carbons (Fsp3) is 0.588. The van der Waals surface area contributed by atoms with Crippen LogP contribution in [0.25, 0.3) is 0 Å². The van der Waals surface area contributed by atoms with Gasteiger partial charge in [0, 0.05) is 6.04 Å². The summed E-state index contributed by atoms with van der Waals surface area (Å²) in [5, 5.41) is 2.93. The highest BCUT2D eigenvalue weighted by atomic mass is 32.2. The molecule has 2 N–H and O–H groups in total. The Hall–Kier alpha value is -1.65. The van der Waals surface area contributed by atoms with E-state index in [9.17, 15) is 26.4 Å². The molecule has 1 aliphatic heterocycles. The third kappa shape index (κ3) is 4.44. The SMILES string of the molecule is C[C@@H](C(=O)NC1CC1)[NH+]1CCN(S(=O)(=O)c2ccccc2C(F)(F)F)CC1. The lowest BCUT2D eigenvalue weighted by molar-refractivity contribution is -0.917. The Morgan fingerprint density at radius 2 is 1.81 bits per heavy atom. The number of alkyl halides is 3. The number of carbonyl (C=O) groups excluding carboxylic acids is 1. The number of halogens is 3. The van der Waals surface area contributed by atoms with E-state index in [1.807, 2.05) is 0 Å². The molecule has 1 atom stereocenters. The summed E-state index contributed by atoms with van der Waals surface area (Å²) >= 11 is 0. The van der Waals surface area contributed by atoms with Crippen LogP contribution in [0.15, 0.2) is 29.2 Å². The van der Waals surface area contributed by atoms with Crippen LogP contribution in [0.1, 0.15) is 25.3 Å². The van der Waals surface area contributed by atoms with Crippen LogP contribution in [-0.4, -0.2) is 56.9 Å². The normalized spacial score (nSPS) is 21.0. The zero-order valence-corrected chi connectivity index (χ0v) is 15.7. The number of benzene rings is 1. The molecular weight excluding hydrogens is 383 g/mol. The summed E-state index contributed by atoms with van der Waals surface area (Å²) in [5.41, 5.74) is -1.16. The van der Waals surface area contributed by atoms with Crippen LogP contribution < -0.4 is 10.2 Å². The molecule has 27 heavy (non-hydrogen) atoms. The van der Waals surface area contributed by atoms with E-state index >= 15 is 0 Å². The van der Waals surface area contributed by atoms with E-state index in [-0.39, 0.29) is 31.1 Å². The number of carbonyl (C=O) groups is 1. The lowest BCUT2D eigenvalue weighted by Gasteiger charge is -2.34. The van der Waals surface area contributed by atoms with Crippen LogP contribution in [0.4, 0.5) is 13.2 Å². The van der Waals surface area contributed by atoms with Gasteiger partial charge in [-0.2, -0.15) is 17.5 Å². The van der Waals surface area contributed by atoms with Gasteiger partial charge in [0.1, 0.15) is 0 Å². The maximum absolute atomic E-state index is 13.2. The van der Waals surface area contributed by atoms with Crippen molar-refractivity contribution < 1.29 is 31.3 Å². The van der Waals surface area contributed by atoms with Crippen LogP contribution in [-0.2, 0) is 21.0 Å². The minimum absolute atomic E-state index is 0.0637. The summed E-state index contributed by atoms with van der Waals surface area (Å²) in [5.74, 6) is -0.0637. The molecule has 1 saturated heterocycles. The molecule has 0 aromatic heterocycles. The standard InChI is InChI=1S/C17H22F3N3O3S/c1-12(16(24)21-13-6-7-13)22-8-10-23(11-9-22)27(25,26)15-5-3-2-4-14(15)17(18,19)20/h2-5,12-13H,6-11H2,1H3,(H,21,24)/p+1/t12-/m0/s1. The topological polar surface area (TPSA) is 70.9 Å². The number of nitrogens with zero attached hydrogens (tertiary/aromatic N) is 1. The van der Waals surface area contributed by atoms with Crippen LogP contribution >= 0.6 is 0 Å². The van der Waals surface area contributed by atoms with Gasteiger partial charge in [-0.05, 0) is 31.9 Å². The molecule has 10 heteroatoms. The lowest BCUT2D eigenvalue weighted by Crippen LogP contribution is -3.19. The summed E-state index contributed by atoms with van der Waals surface area (Å²) in [4.78, 5) is 12.4. The minimum Gasteiger partial charge on any atom is -0.348 e. The quantitative estimate of drug-likeness (QED) is 0.737. The fourth-order valence-corrected chi connectivity index (χ4v) is 4.90. The van der Waals surface area contributed by atoms with Gasteiger partial charge in [0.15, 0.2) is 6.04 Å². The Morgan fingerprint density at radius 3 is 2.37 bits per heavy atom. The third-order valence-electron chi connectivity index (χ3n) is 5.10. The molecule has 6 nitrogen and oxygen atoms in total. The van der Waals surface area contributed by atoms with Gasteiger partial charge in [0.2, 0.25) is 10.0 Å². The van der Waals surface area contributed by atoms with Gasteiger partial charge in [-0.1, -0.05) is 12.1 Å². The van der Waals surface area contributed by atoms with E-state index in [1.165, 1.54) is 12.1 Å². The second kappa shape index (κ2) is 7.40. The highest BCUT2D eigenvalue weighted by molar-refractivity contribution is 7.89. The summed E-state index contributed by atoms with van der Waals surface area (Å²) in [6.07, 6.45) is -2.77. The molecular formula is C17H23F3N3O3S+. The Labute approximate surface area is 156 Å². The van der Waals surface area contributed by atoms with Gasteiger partial charge >= 0.3 is 6.18 Å². The summed E-state index contributed by atoms with van der Waals surface area (Å²) in [6.45, 7) is 2.67. The third-order valence-corrected chi connectivity index (χ3v) is 7.06. The number of amides is 1. The lowest BCUT2D eigenvalue weighted by atomic mass is 10.2. The second-order valence-corrected chi connectivity index (χ2v) is 8.97. The number of nitrogens with one attached hydrogen (secondary N) is 2. The van der Waals surface area contributed by atoms with Crippen molar-refractivity contribution >= 4 is 15.9 Å². The highest BCUT2D eigenvalue weighted by Gasteiger charge is 2.41. The Kier molecular flexibility index (Phi) is 5.51. The van der Waals surface area contributed by atoms with Gasteiger partial charge in [-0.3, -0.25) is 4.79 Å². The maximum Gasteiger partial charge on any atom is 0.417 e. The van der Waals surface area contributed by atoms with Crippen LogP contribution in [0.2, 0.25) is 0 Å². The zero-order valence-electron chi connectivity index (χ0n) is 14.9. The Morgan fingerprint density at radius 1 is 1.22 bits per heavy atom. The Bertz CT molecular complexity index is 801.